The second-order valence-corrected chi connectivity index (χ2v) is 5.09. The minimum atomic E-state index is -1.31. The van der Waals surface area contributed by atoms with Gasteiger partial charge in [0.05, 0.1) is 16.9 Å². The Balaban J connectivity index is 3.16. The fraction of sp³-hybridized carbons (Fsp3) is 0.500. The highest BCUT2D eigenvalue weighted by Crippen LogP contribution is 2.28. The minimum Gasteiger partial charge on any atom is -0.478 e. The number of hydrogen-bond donors (Lipinski definition) is 2. The van der Waals surface area contributed by atoms with Crippen LogP contribution in [-0.4, -0.2) is 49.2 Å². The van der Waals surface area contributed by atoms with E-state index in [1.165, 1.54) is 12.1 Å². The molecule has 1 aromatic carbocycles. The van der Waals surface area contributed by atoms with Gasteiger partial charge in [0.25, 0.3) is 0 Å². The topological polar surface area (TPSA) is 69.8 Å². The molecule has 3 N–H and O–H groups in total. The molecule has 0 saturated heterocycles. The third-order valence-corrected chi connectivity index (χ3v) is 3.16. The van der Waals surface area contributed by atoms with Crippen molar-refractivity contribution in [2.75, 3.05) is 37.8 Å². The molecule has 0 aliphatic rings. The smallest absolute Gasteiger partial charge is 0.338 e. The number of carbonyl (C=O) groups is 1. The van der Waals surface area contributed by atoms with Crippen molar-refractivity contribution < 1.29 is 14.3 Å². The molecule has 0 saturated carbocycles. The second-order valence-electron chi connectivity index (χ2n) is 5.09. The summed E-state index contributed by atoms with van der Waals surface area (Å²) >= 11 is 0. The van der Waals surface area contributed by atoms with Crippen molar-refractivity contribution in [1.29, 1.82) is 0 Å². The second kappa shape index (κ2) is 6.56. The van der Waals surface area contributed by atoms with E-state index in [1.54, 1.807) is 0 Å². The van der Waals surface area contributed by atoms with Crippen LogP contribution in [-0.2, 0) is 0 Å². The maximum atomic E-state index is 13.8. The quantitative estimate of drug-likeness (QED) is 0.780. The number of halogens is 1. The number of anilines is 2. The highest BCUT2D eigenvalue weighted by Gasteiger charge is 2.20. The molecule has 1 aromatic rings. The van der Waals surface area contributed by atoms with Crippen molar-refractivity contribution in [3.63, 3.8) is 0 Å². The van der Waals surface area contributed by atoms with E-state index in [0.717, 1.165) is 6.54 Å². The zero-order valence-electron chi connectivity index (χ0n) is 12.4. The van der Waals surface area contributed by atoms with Gasteiger partial charge in [-0.1, -0.05) is 0 Å². The Morgan fingerprint density at radius 1 is 1.45 bits per heavy atom. The monoisotopic (exact) mass is 283 g/mol. The van der Waals surface area contributed by atoms with E-state index in [1.807, 2.05) is 37.7 Å². The van der Waals surface area contributed by atoms with Crippen molar-refractivity contribution >= 4 is 17.3 Å². The molecular formula is C14H22FN3O2. The van der Waals surface area contributed by atoms with E-state index in [0.29, 0.717) is 12.2 Å². The summed E-state index contributed by atoms with van der Waals surface area (Å²) in [5, 5.41) is 8.89. The van der Waals surface area contributed by atoms with E-state index < -0.39 is 17.3 Å². The predicted molar refractivity (Wildman–Crippen MR) is 78.8 cm³/mol. The van der Waals surface area contributed by atoms with Crippen LogP contribution in [0, 0.1) is 5.82 Å². The fourth-order valence-corrected chi connectivity index (χ4v) is 2.34. The predicted octanol–water partition coefficient (Wildman–Crippen LogP) is 1.88. The Kier molecular flexibility index (Phi) is 5.33. The van der Waals surface area contributed by atoms with E-state index in [9.17, 15) is 9.18 Å². The lowest BCUT2D eigenvalue weighted by molar-refractivity contribution is 0.0692. The van der Waals surface area contributed by atoms with Crippen LogP contribution < -0.4 is 10.6 Å². The largest absolute Gasteiger partial charge is 0.478 e. The average molecular weight is 283 g/mol. The highest BCUT2D eigenvalue weighted by molar-refractivity contribution is 5.91. The van der Waals surface area contributed by atoms with Crippen molar-refractivity contribution in [1.82, 2.24) is 4.90 Å². The normalized spacial score (nSPS) is 12.5. The Labute approximate surface area is 118 Å². The van der Waals surface area contributed by atoms with Crippen LogP contribution in [0.25, 0.3) is 0 Å². The van der Waals surface area contributed by atoms with Gasteiger partial charge >= 0.3 is 5.97 Å². The number of aromatic carboxylic acids is 1. The van der Waals surface area contributed by atoms with Crippen LogP contribution >= 0.6 is 0 Å². The van der Waals surface area contributed by atoms with Crippen molar-refractivity contribution in [3.8, 4) is 0 Å². The maximum Gasteiger partial charge on any atom is 0.338 e. The van der Waals surface area contributed by atoms with Gasteiger partial charge in [0, 0.05) is 25.2 Å². The van der Waals surface area contributed by atoms with Gasteiger partial charge in [-0.2, -0.15) is 0 Å². The Morgan fingerprint density at radius 2 is 2.05 bits per heavy atom. The van der Waals surface area contributed by atoms with Gasteiger partial charge in [-0.25, -0.2) is 9.18 Å². The van der Waals surface area contributed by atoms with E-state index >= 15 is 0 Å². The molecule has 0 heterocycles. The fourth-order valence-electron chi connectivity index (χ4n) is 2.34. The zero-order chi connectivity index (χ0) is 15.4. The molecule has 0 fully saturated rings. The van der Waals surface area contributed by atoms with Gasteiger partial charge in [-0.05, 0) is 34.0 Å². The van der Waals surface area contributed by atoms with Crippen LogP contribution in [0.5, 0.6) is 0 Å². The number of likely N-dealkylation sites (N-methyl/N-ethyl adjacent to an activating group) is 2. The number of hydrogen-bond acceptors (Lipinski definition) is 4. The molecule has 6 heteroatoms. The summed E-state index contributed by atoms with van der Waals surface area (Å²) in [5.41, 5.74) is 6.29. The molecule has 1 atom stereocenters. The summed E-state index contributed by atoms with van der Waals surface area (Å²) in [4.78, 5) is 14.9. The Hall–Kier alpha value is -1.82. The Bertz CT molecular complexity index is 492. The molecule has 0 aromatic heterocycles. The molecule has 0 amide bonds. The molecule has 0 bridgehead atoms. The number of nitrogen functional groups attached to an aromatic ring is 1. The molecule has 0 spiro atoms. The van der Waals surface area contributed by atoms with E-state index in [4.69, 9.17) is 10.8 Å². The first kappa shape index (κ1) is 16.2. The first-order valence-corrected chi connectivity index (χ1v) is 6.51. The summed E-state index contributed by atoms with van der Waals surface area (Å²) in [5.74, 6) is -2.08. The number of nitrogens with two attached hydrogens (primary N) is 1. The maximum absolute atomic E-state index is 13.8. The number of carboxylic acids is 1. The summed E-state index contributed by atoms with van der Waals surface area (Å²) in [6.45, 7) is 5.42. The molecule has 20 heavy (non-hydrogen) atoms. The first-order chi connectivity index (χ1) is 9.27. The van der Waals surface area contributed by atoms with Crippen LogP contribution in [0.2, 0.25) is 0 Å². The van der Waals surface area contributed by atoms with Crippen LogP contribution in [0.3, 0.4) is 0 Å². The molecule has 5 nitrogen and oxygen atoms in total. The van der Waals surface area contributed by atoms with Crippen molar-refractivity contribution in [2.24, 2.45) is 0 Å². The lowest BCUT2D eigenvalue weighted by Gasteiger charge is -2.33. The average Bonchev–Trinajstić information content (AvgIpc) is 2.32. The zero-order valence-corrected chi connectivity index (χ0v) is 12.4. The van der Waals surface area contributed by atoms with Gasteiger partial charge in [-0.15, -0.1) is 0 Å². The molecule has 1 unspecified atom stereocenters. The van der Waals surface area contributed by atoms with Gasteiger partial charge in [0.2, 0.25) is 0 Å². The van der Waals surface area contributed by atoms with Gasteiger partial charge < -0.3 is 20.6 Å². The lowest BCUT2D eigenvalue weighted by atomic mass is 10.1. The minimum absolute atomic E-state index is 0.132. The third-order valence-electron chi connectivity index (χ3n) is 3.16. The van der Waals surface area contributed by atoms with Gasteiger partial charge in [0.1, 0.15) is 5.82 Å². The van der Waals surface area contributed by atoms with Crippen LogP contribution in [0.1, 0.15) is 24.2 Å². The third kappa shape index (κ3) is 3.60. The number of nitrogens with zero attached hydrogens (tertiary/aromatic N) is 2. The van der Waals surface area contributed by atoms with Crippen LogP contribution in [0.4, 0.5) is 15.8 Å². The summed E-state index contributed by atoms with van der Waals surface area (Å²) in [6, 6.07) is 2.51. The molecular weight excluding hydrogens is 261 g/mol. The number of carboxylic acid groups (broad SMARTS) is 1. The van der Waals surface area contributed by atoms with Crippen molar-refractivity contribution in [2.45, 2.75) is 19.9 Å². The molecule has 1 rings (SSSR count). The standard InChI is InChI=1S/C14H22FN3O2/c1-5-18(9(2)8-17(3)4)13-7-11(15)10(14(19)20)6-12(13)16/h6-7,9H,5,8,16H2,1-4H3,(H,19,20). The molecule has 0 aliphatic heterocycles. The van der Waals surface area contributed by atoms with Crippen molar-refractivity contribution in [3.05, 3.63) is 23.5 Å². The van der Waals surface area contributed by atoms with E-state index in [2.05, 4.69) is 0 Å². The Morgan fingerprint density at radius 3 is 2.50 bits per heavy atom. The van der Waals surface area contributed by atoms with Crippen LogP contribution in [0.15, 0.2) is 12.1 Å². The number of benzene rings is 1. The molecule has 0 aliphatic carbocycles. The number of rotatable bonds is 6. The molecule has 0 radical (unpaired) electrons. The SMILES string of the molecule is CCN(c1cc(F)c(C(=O)O)cc1N)C(C)CN(C)C. The van der Waals surface area contributed by atoms with Gasteiger partial charge in [0.15, 0.2) is 0 Å². The highest BCUT2D eigenvalue weighted by atomic mass is 19.1. The first-order valence-electron chi connectivity index (χ1n) is 6.51. The summed E-state index contributed by atoms with van der Waals surface area (Å²) in [7, 11) is 3.92. The van der Waals surface area contributed by atoms with Gasteiger partial charge in [-0.3, -0.25) is 0 Å². The van der Waals surface area contributed by atoms with E-state index in [-0.39, 0.29) is 11.7 Å². The summed E-state index contributed by atoms with van der Waals surface area (Å²) in [6.07, 6.45) is 0. The molecule has 112 valence electrons. The lowest BCUT2D eigenvalue weighted by Crippen LogP contribution is -2.40. The summed E-state index contributed by atoms with van der Waals surface area (Å²) < 4.78 is 13.8.